The zero-order chi connectivity index (χ0) is 33.6. The van der Waals surface area contributed by atoms with E-state index in [0.717, 1.165) is 23.1 Å². The fraction of sp³-hybridized carbons (Fsp3) is 0.211. The van der Waals surface area contributed by atoms with Crippen molar-refractivity contribution >= 4 is 45.7 Å². The number of Topliss-reactive ketones (excluding diaryl/α,β-unsaturated/α-hetero) is 1. The number of amides is 1. The Labute approximate surface area is 288 Å². The SMILES string of the molecule is CCCOc1ccc(C2C(=C(O)c3ccc(OCc4cccc(C)c4)cc3)C(=O)C(=O)N2c2nnc(SCc3ccc(C)cc3)s2)cc1. The number of hydrogen-bond acceptors (Lipinski definition) is 9. The summed E-state index contributed by atoms with van der Waals surface area (Å²) in [7, 11) is 0. The molecule has 1 aliphatic heterocycles. The Morgan fingerprint density at radius 3 is 2.27 bits per heavy atom. The molecule has 5 aromatic rings. The quantitative estimate of drug-likeness (QED) is 0.0462. The molecule has 2 heterocycles. The number of carbonyl (C=O) groups excluding carboxylic acids is 2. The van der Waals surface area contributed by atoms with Gasteiger partial charge < -0.3 is 14.6 Å². The minimum atomic E-state index is -0.926. The van der Waals surface area contributed by atoms with Crippen molar-refractivity contribution in [2.75, 3.05) is 11.5 Å². The number of ether oxygens (including phenoxy) is 2. The second-order valence-electron chi connectivity index (χ2n) is 11.5. The standard InChI is InChI=1S/C38H35N3O5S2/c1-4-20-45-30-16-12-28(13-17-30)33-32(34(42)29-14-18-31(19-15-29)46-22-27-7-5-6-25(3)21-27)35(43)36(44)41(33)37-39-40-38(48-37)47-23-26-10-8-24(2)9-11-26/h5-19,21,33,42H,4,20,22-23H2,1-3H3. The van der Waals surface area contributed by atoms with Crippen molar-refractivity contribution in [1.29, 1.82) is 0 Å². The maximum atomic E-state index is 13.7. The summed E-state index contributed by atoms with van der Waals surface area (Å²) in [5.74, 6) is 0.101. The molecule has 10 heteroatoms. The van der Waals surface area contributed by atoms with E-state index in [1.165, 1.54) is 33.6 Å². The Kier molecular flexibility index (Phi) is 10.2. The molecule has 0 radical (unpaired) electrons. The minimum absolute atomic E-state index is 0.0280. The third-order valence-electron chi connectivity index (χ3n) is 7.81. The molecule has 244 valence electrons. The normalized spacial score (nSPS) is 15.6. The number of aryl methyl sites for hydroxylation is 2. The van der Waals surface area contributed by atoms with Crippen molar-refractivity contribution < 1.29 is 24.2 Å². The van der Waals surface area contributed by atoms with E-state index in [-0.39, 0.29) is 16.5 Å². The summed E-state index contributed by atoms with van der Waals surface area (Å²) in [6.07, 6.45) is 0.860. The molecular weight excluding hydrogens is 643 g/mol. The first-order valence-electron chi connectivity index (χ1n) is 15.6. The number of hydrogen-bond donors (Lipinski definition) is 1. The summed E-state index contributed by atoms with van der Waals surface area (Å²) in [6.45, 7) is 7.06. The van der Waals surface area contributed by atoms with Crippen LogP contribution < -0.4 is 14.4 Å². The molecule has 1 unspecified atom stereocenters. The van der Waals surface area contributed by atoms with Gasteiger partial charge in [0.1, 0.15) is 23.9 Å². The number of ketones is 1. The van der Waals surface area contributed by atoms with Gasteiger partial charge in [0.25, 0.3) is 5.78 Å². The van der Waals surface area contributed by atoms with Crippen molar-refractivity contribution in [2.24, 2.45) is 0 Å². The van der Waals surface area contributed by atoms with Crippen LogP contribution in [0.2, 0.25) is 0 Å². The number of anilines is 1. The van der Waals surface area contributed by atoms with Gasteiger partial charge in [-0.2, -0.15) is 0 Å². The topological polar surface area (TPSA) is 102 Å². The molecule has 48 heavy (non-hydrogen) atoms. The molecule has 1 atom stereocenters. The maximum absolute atomic E-state index is 13.7. The Morgan fingerprint density at radius 1 is 0.854 bits per heavy atom. The smallest absolute Gasteiger partial charge is 0.301 e. The van der Waals surface area contributed by atoms with Crippen molar-refractivity contribution in [3.63, 3.8) is 0 Å². The molecule has 1 amide bonds. The highest BCUT2D eigenvalue weighted by Crippen LogP contribution is 2.44. The lowest BCUT2D eigenvalue weighted by atomic mass is 9.95. The predicted molar refractivity (Wildman–Crippen MR) is 190 cm³/mol. The Bertz CT molecular complexity index is 1940. The van der Waals surface area contributed by atoms with Crippen molar-refractivity contribution in [3.8, 4) is 11.5 Å². The summed E-state index contributed by atoms with van der Waals surface area (Å²) >= 11 is 2.74. The lowest BCUT2D eigenvalue weighted by Crippen LogP contribution is -2.29. The maximum Gasteiger partial charge on any atom is 0.301 e. The van der Waals surface area contributed by atoms with Gasteiger partial charge in [-0.1, -0.05) is 102 Å². The van der Waals surface area contributed by atoms with Crippen LogP contribution in [0.4, 0.5) is 5.13 Å². The Hall–Kier alpha value is -4.93. The van der Waals surface area contributed by atoms with Gasteiger partial charge in [-0.05, 0) is 73.4 Å². The number of benzene rings is 4. The van der Waals surface area contributed by atoms with E-state index in [1.54, 1.807) is 48.5 Å². The van der Waals surface area contributed by atoms with Crippen molar-refractivity contribution in [2.45, 2.75) is 49.9 Å². The molecule has 1 aromatic heterocycles. The van der Waals surface area contributed by atoms with Crippen LogP contribution in [-0.2, 0) is 21.9 Å². The molecule has 1 fully saturated rings. The lowest BCUT2D eigenvalue weighted by Gasteiger charge is -2.22. The molecular formula is C38H35N3O5S2. The van der Waals surface area contributed by atoms with Crippen molar-refractivity contribution in [1.82, 2.24) is 10.2 Å². The highest BCUT2D eigenvalue weighted by atomic mass is 32.2. The van der Waals surface area contributed by atoms with Crippen molar-refractivity contribution in [3.05, 3.63) is 136 Å². The van der Waals surface area contributed by atoms with Gasteiger partial charge in [-0.15, -0.1) is 10.2 Å². The minimum Gasteiger partial charge on any atom is -0.507 e. The van der Waals surface area contributed by atoms with Crippen LogP contribution in [-0.4, -0.2) is 33.6 Å². The summed E-state index contributed by atoms with van der Waals surface area (Å²) in [4.78, 5) is 28.7. The first kappa shape index (κ1) is 33.0. The van der Waals surface area contributed by atoms with Crippen LogP contribution in [0.25, 0.3) is 5.76 Å². The van der Waals surface area contributed by atoms with Gasteiger partial charge in [0, 0.05) is 11.3 Å². The third kappa shape index (κ3) is 7.45. The van der Waals surface area contributed by atoms with E-state index in [4.69, 9.17) is 9.47 Å². The van der Waals surface area contributed by atoms with Gasteiger partial charge >= 0.3 is 5.91 Å². The number of carbonyl (C=O) groups is 2. The van der Waals surface area contributed by atoms with Crippen LogP contribution in [0.15, 0.2) is 107 Å². The van der Waals surface area contributed by atoms with E-state index in [9.17, 15) is 14.7 Å². The van der Waals surface area contributed by atoms with E-state index < -0.39 is 17.7 Å². The molecule has 4 aromatic carbocycles. The van der Waals surface area contributed by atoms with Gasteiger partial charge in [-0.3, -0.25) is 14.5 Å². The first-order valence-corrected chi connectivity index (χ1v) is 17.5. The summed E-state index contributed by atoms with van der Waals surface area (Å²) in [5.41, 5.74) is 5.50. The van der Waals surface area contributed by atoms with Gasteiger partial charge in [0.2, 0.25) is 5.13 Å². The van der Waals surface area contributed by atoms with Crippen LogP contribution in [0, 0.1) is 13.8 Å². The predicted octanol–water partition coefficient (Wildman–Crippen LogP) is 8.44. The zero-order valence-electron chi connectivity index (χ0n) is 26.9. The first-order chi connectivity index (χ1) is 23.3. The van der Waals surface area contributed by atoms with Crippen LogP contribution in [0.5, 0.6) is 11.5 Å². The third-order valence-corrected chi connectivity index (χ3v) is 9.94. The molecule has 1 N–H and O–H groups in total. The zero-order valence-corrected chi connectivity index (χ0v) is 28.5. The fourth-order valence-electron chi connectivity index (χ4n) is 5.33. The van der Waals surface area contributed by atoms with E-state index in [1.807, 2.05) is 39.0 Å². The highest BCUT2D eigenvalue weighted by molar-refractivity contribution is 8.00. The Morgan fingerprint density at radius 2 is 1.56 bits per heavy atom. The van der Waals surface area contributed by atoms with E-state index in [2.05, 4.69) is 40.5 Å². The second kappa shape index (κ2) is 14.9. The molecule has 0 saturated carbocycles. The highest BCUT2D eigenvalue weighted by Gasteiger charge is 2.48. The Balaban J connectivity index is 1.30. The summed E-state index contributed by atoms with van der Waals surface area (Å²) in [5, 5.41) is 20.5. The van der Waals surface area contributed by atoms with Crippen LogP contribution in [0.1, 0.15) is 52.8 Å². The molecule has 8 nitrogen and oxygen atoms in total. The number of thioether (sulfide) groups is 1. The molecule has 1 saturated heterocycles. The number of rotatable bonds is 12. The number of aliphatic hydroxyl groups is 1. The summed E-state index contributed by atoms with van der Waals surface area (Å²) in [6, 6.07) is 29.4. The average molecular weight is 678 g/mol. The number of nitrogens with zero attached hydrogens (tertiary/aromatic N) is 3. The lowest BCUT2D eigenvalue weighted by molar-refractivity contribution is -0.132. The summed E-state index contributed by atoms with van der Waals surface area (Å²) < 4.78 is 12.4. The van der Waals surface area contributed by atoms with Gasteiger partial charge in [-0.25, -0.2) is 0 Å². The molecule has 1 aliphatic rings. The fourth-order valence-corrected chi connectivity index (χ4v) is 7.16. The molecule has 0 bridgehead atoms. The monoisotopic (exact) mass is 677 g/mol. The van der Waals surface area contributed by atoms with Gasteiger partial charge in [0.15, 0.2) is 4.34 Å². The molecule has 0 spiro atoms. The number of aliphatic hydroxyl groups excluding tert-OH is 1. The van der Waals surface area contributed by atoms with E-state index in [0.29, 0.717) is 45.9 Å². The average Bonchev–Trinajstić information content (AvgIpc) is 3.67. The number of aromatic nitrogens is 2. The van der Waals surface area contributed by atoms with Gasteiger partial charge in [0.05, 0.1) is 18.2 Å². The molecule has 0 aliphatic carbocycles. The van der Waals surface area contributed by atoms with Crippen LogP contribution >= 0.6 is 23.1 Å². The largest absolute Gasteiger partial charge is 0.507 e. The van der Waals surface area contributed by atoms with E-state index >= 15 is 0 Å². The van der Waals surface area contributed by atoms with Crippen LogP contribution in [0.3, 0.4) is 0 Å². The molecule has 6 rings (SSSR count). The second-order valence-corrected chi connectivity index (χ2v) is 13.7.